The second-order valence-corrected chi connectivity index (χ2v) is 3.55. The molecule has 0 spiro atoms. The molecular weight excluding hydrogens is 162 g/mol. The third-order valence-corrected chi connectivity index (χ3v) is 3.10. The SMILES string of the molecule is CC[N+](CC)(CC)CCNCCN. The molecule has 0 aliphatic heterocycles. The molecule has 0 unspecified atom stereocenters. The zero-order chi connectivity index (χ0) is 10.2. The van der Waals surface area contributed by atoms with Crippen molar-refractivity contribution in [3.63, 3.8) is 0 Å². The number of nitrogens with two attached hydrogens (primary N) is 1. The van der Waals surface area contributed by atoms with Gasteiger partial charge in [-0.05, 0) is 20.8 Å². The predicted octanol–water partition coefficient (Wildman–Crippen LogP) is 0.411. The van der Waals surface area contributed by atoms with Crippen LogP contribution in [0, 0.1) is 0 Å². The molecule has 80 valence electrons. The van der Waals surface area contributed by atoms with E-state index in [9.17, 15) is 0 Å². The molecule has 0 fully saturated rings. The van der Waals surface area contributed by atoms with Gasteiger partial charge in [-0.15, -0.1) is 0 Å². The zero-order valence-corrected chi connectivity index (χ0v) is 9.47. The van der Waals surface area contributed by atoms with Crippen molar-refractivity contribution in [2.45, 2.75) is 20.8 Å². The minimum atomic E-state index is 0.740. The van der Waals surface area contributed by atoms with Crippen LogP contribution < -0.4 is 11.1 Å². The topological polar surface area (TPSA) is 38.0 Å². The van der Waals surface area contributed by atoms with Gasteiger partial charge in [0.25, 0.3) is 0 Å². The van der Waals surface area contributed by atoms with Crippen molar-refractivity contribution in [2.24, 2.45) is 5.73 Å². The van der Waals surface area contributed by atoms with E-state index in [1.165, 1.54) is 30.7 Å². The number of quaternary nitrogens is 1. The lowest BCUT2D eigenvalue weighted by Gasteiger charge is -2.35. The van der Waals surface area contributed by atoms with Crippen molar-refractivity contribution < 1.29 is 4.48 Å². The highest BCUT2D eigenvalue weighted by Gasteiger charge is 2.19. The Balaban J connectivity index is 3.68. The van der Waals surface area contributed by atoms with Gasteiger partial charge in [0.1, 0.15) is 0 Å². The molecule has 3 nitrogen and oxygen atoms in total. The fraction of sp³-hybridized carbons (Fsp3) is 1.00. The molecule has 0 rings (SSSR count). The molecule has 0 aromatic carbocycles. The Labute approximate surface area is 82.9 Å². The van der Waals surface area contributed by atoms with E-state index in [-0.39, 0.29) is 0 Å². The Bertz CT molecular complexity index is 102. The Morgan fingerprint density at radius 1 is 1.00 bits per heavy atom. The zero-order valence-electron chi connectivity index (χ0n) is 9.47. The molecule has 0 aromatic rings. The van der Waals surface area contributed by atoms with Crippen LogP contribution in [0.3, 0.4) is 0 Å². The van der Waals surface area contributed by atoms with E-state index in [1.54, 1.807) is 0 Å². The highest BCUT2D eigenvalue weighted by Crippen LogP contribution is 2.03. The van der Waals surface area contributed by atoms with Crippen LogP contribution in [0.25, 0.3) is 0 Å². The van der Waals surface area contributed by atoms with E-state index >= 15 is 0 Å². The van der Waals surface area contributed by atoms with E-state index in [4.69, 9.17) is 5.73 Å². The molecule has 0 atom stereocenters. The summed E-state index contributed by atoms with van der Waals surface area (Å²) in [5.41, 5.74) is 5.41. The van der Waals surface area contributed by atoms with Gasteiger partial charge in [-0.3, -0.25) is 0 Å². The Kier molecular flexibility index (Phi) is 7.23. The first-order valence-electron chi connectivity index (χ1n) is 5.50. The van der Waals surface area contributed by atoms with Gasteiger partial charge >= 0.3 is 0 Å². The molecule has 0 saturated heterocycles. The fourth-order valence-corrected chi connectivity index (χ4v) is 1.69. The maximum Gasteiger partial charge on any atom is 0.0913 e. The summed E-state index contributed by atoms with van der Waals surface area (Å²) >= 11 is 0. The van der Waals surface area contributed by atoms with Gasteiger partial charge in [-0.1, -0.05) is 0 Å². The first-order chi connectivity index (χ1) is 6.24. The monoisotopic (exact) mass is 188 g/mol. The van der Waals surface area contributed by atoms with Crippen molar-refractivity contribution in [2.75, 3.05) is 45.8 Å². The van der Waals surface area contributed by atoms with Crippen LogP contribution in [-0.2, 0) is 0 Å². The molecule has 0 amide bonds. The largest absolute Gasteiger partial charge is 0.329 e. The Morgan fingerprint density at radius 2 is 1.54 bits per heavy atom. The van der Waals surface area contributed by atoms with E-state index in [1.807, 2.05) is 0 Å². The molecule has 0 bridgehead atoms. The summed E-state index contributed by atoms with van der Waals surface area (Å²) in [7, 11) is 0. The summed E-state index contributed by atoms with van der Waals surface area (Å²) in [6.07, 6.45) is 0. The number of rotatable bonds is 8. The fourth-order valence-electron chi connectivity index (χ4n) is 1.69. The van der Waals surface area contributed by atoms with Crippen molar-refractivity contribution >= 4 is 0 Å². The van der Waals surface area contributed by atoms with Gasteiger partial charge in [0.2, 0.25) is 0 Å². The first kappa shape index (κ1) is 12.9. The number of hydrogen-bond donors (Lipinski definition) is 2. The van der Waals surface area contributed by atoms with Crippen molar-refractivity contribution in [3.8, 4) is 0 Å². The summed E-state index contributed by atoms with van der Waals surface area (Å²) in [6.45, 7) is 14.5. The van der Waals surface area contributed by atoms with Crippen LogP contribution in [0.15, 0.2) is 0 Å². The van der Waals surface area contributed by atoms with E-state index in [0.717, 1.165) is 19.6 Å². The van der Waals surface area contributed by atoms with Gasteiger partial charge in [-0.25, -0.2) is 0 Å². The summed E-state index contributed by atoms with van der Waals surface area (Å²) in [5, 5.41) is 3.35. The van der Waals surface area contributed by atoms with Crippen molar-refractivity contribution in [1.29, 1.82) is 0 Å². The van der Waals surface area contributed by atoms with E-state index in [2.05, 4.69) is 26.1 Å². The third kappa shape index (κ3) is 4.60. The molecule has 3 heteroatoms. The van der Waals surface area contributed by atoms with Crippen LogP contribution in [0.5, 0.6) is 0 Å². The average molecular weight is 188 g/mol. The second kappa shape index (κ2) is 7.30. The normalized spacial score (nSPS) is 12.0. The molecule has 0 aromatic heterocycles. The molecule has 0 radical (unpaired) electrons. The summed E-state index contributed by atoms with van der Waals surface area (Å²) in [4.78, 5) is 0. The molecule has 13 heavy (non-hydrogen) atoms. The van der Waals surface area contributed by atoms with Gasteiger partial charge in [-0.2, -0.15) is 0 Å². The van der Waals surface area contributed by atoms with Gasteiger partial charge in [0, 0.05) is 19.6 Å². The molecule has 0 aliphatic rings. The van der Waals surface area contributed by atoms with Crippen LogP contribution >= 0.6 is 0 Å². The van der Waals surface area contributed by atoms with Crippen molar-refractivity contribution in [1.82, 2.24) is 5.32 Å². The lowest BCUT2D eigenvalue weighted by atomic mass is 10.3. The summed E-state index contributed by atoms with van der Waals surface area (Å²) in [5.74, 6) is 0. The minimum Gasteiger partial charge on any atom is -0.329 e. The standard InChI is InChI=1S/C10H26N3/c1-4-13(5-2,6-3)10-9-12-8-7-11/h12H,4-11H2,1-3H3/q+1. The predicted molar refractivity (Wildman–Crippen MR) is 58.7 cm³/mol. The van der Waals surface area contributed by atoms with Gasteiger partial charge in [0.05, 0.1) is 26.2 Å². The average Bonchev–Trinajstić information content (AvgIpc) is 2.20. The van der Waals surface area contributed by atoms with Crippen LogP contribution in [0.2, 0.25) is 0 Å². The van der Waals surface area contributed by atoms with E-state index < -0.39 is 0 Å². The quantitative estimate of drug-likeness (QED) is 0.428. The molecule has 0 heterocycles. The number of hydrogen-bond acceptors (Lipinski definition) is 2. The number of likely N-dealkylation sites (N-methyl/N-ethyl adjacent to an activating group) is 1. The highest BCUT2D eigenvalue weighted by molar-refractivity contribution is 4.47. The molecule has 0 saturated carbocycles. The van der Waals surface area contributed by atoms with E-state index in [0.29, 0.717) is 0 Å². The highest BCUT2D eigenvalue weighted by atomic mass is 15.3. The smallest absolute Gasteiger partial charge is 0.0913 e. The molecular formula is C10H26N3+. The van der Waals surface area contributed by atoms with Crippen LogP contribution in [0.4, 0.5) is 0 Å². The maximum absolute atomic E-state index is 5.41. The van der Waals surface area contributed by atoms with Crippen LogP contribution in [-0.4, -0.2) is 50.3 Å². The summed E-state index contributed by atoms with van der Waals surface area (Å²) in [6, 6.07) is 0. The maximum atomic E-state index is 5.41. The number of nitrogens with zero attached hydrogens (tertiary/aromatic N) is 1. The summed E-state index contributed by atoms with van der Waals surface area (Å²) < 4.78 is 1.22. The Morgan fingerprint density at radius 3 is 1.92 bits per heavy atom. The molecule has 0 aliphatic carbocycles. The lowest BCUT2D eigenvalue weighted by molar-refractivity contribution is -0.922. The second-order valence-electron chi connectivity index (χ2n) is 3.55. The van der Waals surface area contributed by atoms with Crippen LogP contribution in [0.1, 0.15) is 20.8 Å². The van der Waals surface area contributed by atoms with Gasteiger partial charge in [0.15, 0.2) is 0 Å². The lowest BCUT2D eigenvalue weighted by Crippen LogP contribution is -2.51. The van der Waals surface area contributed by atoms with Crippen molar-refractivity contribution in [3.05, 3.63) is 0 Å². The Hall–Kier alpha value is -0.120. The molecule has 3 N–H and O–H groups in total. The first-order valence-corrected chi connectivity index (χ1v) is 5.50. The number of nitrogens with one attached hydrogen (secondary N) is 1. The minimum absolute atomic E-state index is 0.740. The third-order valence-electron chi connectivity index (χ3n) is 3.10. The van der Waals surface area contributed by atoms with Gasteiger partial charge < -0.3 is 15.5 Å².